The Balaban J connectivity index is 1.24. The second kappa shape index (κ2) is 9.00. The van der Waals surface area contributed by atoms with Crippen molar-refractivity contribution in [3.8, 4) is 11.5 Å². The first-order valence-corrected chi connectivity index (χ1v) is 11.5. The number of para-hydroxylation sites is 1. The summed E-state index contributed by atoms with van der Waals surface area (Å²) in [5.41, 5.74) is 3.31. The molecule has 0 bridgehead atoms. The summed E-state index contributed by atoms with van der Waals surface area (Å²) >= 11 is 1.51. The minimum absolute atomic E-state index is 0.0863. The quantitative estimate of drug-likeness (QED) is 0.168. The molecule has 0 fully saturated rings. The molecule has 0 spiro atoms. The summed E-state index contributed by atoms with van der Waals surface area (Å²) in [4.78, 5) is 17.3. The number of nitrogens with zero attached hydrogens (tertiary/aromatic N) is 4. The molecule has 0 aliphatic carbocycles. The van der Waals surface area contributed by atoms with Crippen molar-refractivity contribution in [1.82, 2.24) is 19.7 Å². The summed E-state index contributed by atoms with van der Waals surface area (Å²) in [5.74, 6) is 2.14. The first-order chi connectivity index (χ1) is 15.7. The lowest BCUT2D eigenvalue weighted by atomic mass is 10.1. The zero-order valence-electron chi connectivity index (χ0n) is 17.5. The summed E-state index contributed by atoms with van der Waals surface area (Å²) in [6.45, 7) is 5.55. The van der Waals surface area contributed by atoms with Gasteiger partial charge < -0.3 is 14.0 Å². The van der Waals surface area contributed by atoms with Crippen LogP contribution in [0.2, 0.25) is 0 Å². The van der Waals surface area contributed by atoms with Crippen LogP contribution in [-0.2, 0) is 6.54 Å². The molecule has 0 N–H and O–H groups in total. The highest BCUT2D eigenvalue weighted by Gasteiger charge is 2.16. The van der Waals surface area contributed by atoms with Crippen molar-refractivity contribution in [1.29, 1.82) is 0 Å². The fraction of sp³-hybridized carbons (Fsp3) is 0.250. The first-order valence-electron chi connectivity index (χ1n) is 10.5. The molecule has 4 aromatic rings. The van der Waals surface area contributed by atoms with Crippen molar-refractivity contribution in [2.75, 3.05) is 19.0 Å². The van der Waals surface area contributed by atoms with E-state index in [0.29, 0.717) is 48.4 Å². The third-order valence-corrected chi connectivity index (χ3v) is 6.23. The van der Waals surface area contributed by atoms with E-state index in [1.54, 1.807) is 18.2 Å². The zero-order valence-corrected chi connectivity index (χ0v) is 18.3. The van der Waals surface area contributed by atoms with Gasteiger partial charge in [0.2, 0.25) is 5.16 Å². The van der Waals surface area contributed by atoms with Crippen LogP contribution in [0.25, 0.3) is 22.1 Å². The van der Waals surface area contributed by atoms with Crippen molar-refractivity contribution in [2.45, 2.75) is 24.5 Å². The Hall–Kier alpha value is -3.39. The van der Waals surface area contributed by atoms with Gasteiger partial charge in [-0.2, -0.15) is 0 Å². The van der Waals surface area contributed by atoms with Crippen LogP contribution in [0.15, 0.2) is 60.3 Å². The normalized spacial score (nSPS) is 12.9. The first kappa shape index (κ1) is 20.5. The Morgan fingerprint density at radius 2 is 1.97 bits per heavy atom. The van der Waals surface area contributed by atoms with E-state index in [1.807, 2.05) is 24.3 Å². The van der Waals surface area contributed by atoms with E-state index < -0.39 is 0 Å². The molecule has 0 amide bonds. The predicted octanol–water partition coefficient (Wildman–Crippen LogP) is 4.69. The third-order valence-electron chi connectivity index (χ3n) is 5.31. The van der Waals surface area contributed by atoms with Gasteiger partial charge in [0.25, 0.3) is 0 Å². The van der Waals surface area contributed by atoms with E-state index in [9.17, 15) is 4.79 Å². The number of aromatic nitrogens is 4. The molecule has 0 unspecified atom stereocenters. The summed E-state index contributed by atoms with van der Waals surface area (Å²) in [6.07, 6.45) is 3.01. The second-order valence-corrected chi connectivity index (χ2v) is 8.48. The van der Waals surface area contributed by atoms with Gasteiger partial charge in [-0.15, -0.1) is 16.8 Å². The van der Waals surface area contributed by atoms with E-state index in [2.05, 4.69) is 27.4 Å². The number of thioether (sulfide) groups is 1. The lowest BCUT2D eigenvalue weighted by Crippen LogP contribution is -2.15. The van der Waals surface area contributed by atoms with Crippen molar-refractivity contribution >= 4 is 39.6 Å². The molecule has 1 aliphatic heterocycles. The molecule has 1 aliphatic rings. The smallest absolute Gasteiger partial charge is 0.211 e. The average Bonchev–Trinajstić information content (AvgIpc) is 3.15. The Labute approximate surface area is 189 Å². The number of ketones is 1. The zero-order chi connectivity index (χ0) is 21.9. The monoisotopic (exact) mass is 446 g/mol. The molecule has 3 heterocycles. The predicted molar refractivity (Wildman–Crippen MR) is 125 cm³/mol. The number of rotatable bonds is 8. The number of hydrogen-bond donors (Lipinski definition) is 0. The Morgan fingerprint density at radius 1 is 1.12 bits per heavy atom. The highest BCUT2D eigenvalue weighted by Crippen LogP contribution is 2.31. The van der Waals surface area contributed by atoms with E-state index in [1.165, 1.54) is 11.8 Å². The molecule has 5 rings (SSSR count). The highest BCUT2D eigenvalue weighted by molar-refractivity contribution is 7.99. The van der Waals surface area contributed by atoms with Crippen LogP contribution in [-0.4, -0.2) is 44.5 Å². The molecular weight excluding hydrogens is 424 g/mol. The maximum atomic E-state index is 12.6. The van der Waals surface area contributed by atoms with Gasteiger partial charge in [-0.05, 0) is 30.7 Å². The Kier molecular flexibility index (Phi) is 5.77. The maximum Gasteiger partial charge on any atom is 0.211 e. The molecule has 162 valence electrons. The van der Waals surface area contributed by atoms with E-state index in [-0.39, 0.29) is 5.78 Å². The van der Waals surface area contributed by atoms with Gasteiger partial charge in [0.15, 0.2) is 22.9 Å². The van der Waals surface area contributed by atoms with Crippen LogP contribution < -0.4 is 9.47 Å². The van der Waals surface area contributed by atoms with Gasteiger partial charge in [-0.25, -0.2) is 4.98 Å². The minimum Gasteiger partial charge on any atom is -0.486 e. The number of hydrogen-bond acceptors (Lipinski definition) is 7. The van der Waals surface area contributed by atoms with Crippen molar-refractivity contribution in [2.24, 2.45) is 0 Å². The molecule has 32 heavy (non-hydrogen) atoms. The second-order valence-electron chi connectivity index (χ2n) is 7.42. The molecule has 0 saturated carbocycles. The van der Waals surface area contributed by atoms with Crippen LogP contribution in [0.5, 0.6) is 11.5 Å². The van der Waals surface area contributed by atoms with E-state index >= 15 is 0 Å². The topological polar surface area (TPSA) is 79.1 Å². The SMILES string of the molecule is C=CCn1c2ccccc2c2nnc(SCCCC(=O)c3ccc4c(c3)OCCO4)nc21. The summed E-state index contributed by atoms with van der Waals surface area (Å²) < 4.78 is 13.2. The van der Waals surface area contributed by atoms with E-state index in [4.69, 9.17) is 14.5 Å². The van der Waals surface area contributed by atoms with Crippen LogP contribution in [0, 0.1) is 0 Å². The Bertz CT molecular complexity index is 1320. The number of carbonyl (C=O) groups excluding carboxylic acids is 1. The number of benzene rings is 2. The van der Waals surface area contributed by atoms with Gasteiger partial charge in [-0.3, -0.25) is 4.79 Å². The fourth-order valence-electron chi connectivity index (χ4n) is 3.82. The van der Waals surface area contributed by atoms with E-state index in [0.717, 1.165) is 34.2 Å². The molecule has 2 aromatic heterocycles. The minimum atomic E-state index is 0.0863. The van der Waals surface area contributed by atoms with Gasteiger partial charge >= 0.3 is 0 Å². The van der Waals surface area contributed by atoms with Crippen LogP contribution >= 0.6 is 11.8 Å². The average molecular weight is 447 g/mol. The van der Waals surface area contributed by atoms with Crippen molar-refractivity contribution < 1.29 is 14.3 Å². The number of carbonyl (C=O) groups is 1. The molecule has 0 radical (unpaired) electrons. The molecule has 0 saturated heterocycles. The third kappa shape index (κ3) is 3.93. The van der Waals surface area contributed by atoms with Gasteiger partial charge in [0.05, 0.1) is 5.52 Å². The van der Waals surface area contributed by atoms with Crippen molar-refractivity contribution in [3.63, 3.8) is 0 Å². The lowest BCUT2D eigenvalue weighted by molar-refractivity contribution is 0.0981. The number of ether oxygens (including phenoxy) is 2. The summed E-state index contributed by atoms with van der Waals surface area (Å²) in [7, 11) is 0. The number of Topliss-reactive ketones (excluding diaryl/α,β-unsaturated/α-hetero) is 1. The van der Waals surface area contributed by atoms with Gasteiger partial charge in [0, 0.05) is 29.7 Å². The number of fused-ring (bicyclic) bond motifs is 4. The lowest BCUT2D eigenvalue weighted by Gasteiger charge is -2.18. The van der Waals surface area contributed by atoms with Crippen molar-refractivity contribution in [3.05, 3.63) is 60.7 Å². The molecular formula is C24H22N4O3S. The largest absolute Gasteiger partial charge is 0.486 e. The van der Waals surface area contributed by atoms with Crippen LogP contribution in [0.3, 0.4) is 0 Å². The van der Waals surface area contributed by atoms with Gasteiger partial charge in [0.1, 0.15) is 18.7 Å². The van der Waals surface area contributed by atoms with Crippen LogP contribution in [0.4, 0.5) is 0 Å². The molecule has 7 nitrogen and oxygen atoms in total. The van der Waals surface area contributed by atoms with Gasteiger partial charge in [-0.1, -0.05) is 36.0 Å². The fourth-order valence-corrected chi connectivity index (χ4v) is 4.54. The summed E-state index contributed by atoms with van der Waals surface area (Å²) in [5, 5.41) is 10.4. The highest BCUT2D eigenvalue weighted by atomic mass is 32.2. The molecule has 2 aromatic carbocycles. The number of allylic oxidation sites excluding steroid dienone is 1. The molecule has 0 atom stereocenters. The maximum absolute atomic E-state index is 12.6. The standard InChI is InChI=1S/C24H22N4O3S/c1-2-11-28-18-7-4-3-6-17(18)22-23(28)25-24(27-26-22)32-14-5-8-19(29)16-9-10-20-21(15-16)31-13-12-30-20/h2-4,6-7,9-10,15H,1,5,8,11-14H2. The molecule has 8 heteroatoms. The summed E-state index contributed by atoms with van der Waals surface area (Å²) in [6, 6.07) is 13.4. The van der Waals surface area contributed by atoms with Crippen LogP contribution in [0.1, 0.15) is 23.2 Å². The Morgan fingerprint density at radius 3 is 2.84 bits per heavy atom.